The van der Waals surface area contributed by atoms with E-state index in [1.165, 1.54) is 12.3 Å². The lowest BCUT2D eigenvalue weighted by atomic mass is 10.2. The second kappa shape index (κ2) is 2.75. The van der Waals surface area contributed by atoms with Crippen molar-refractivity contribution in [2.45, 2.75) is 13.5 Å². The van der Waals surface area contributed by atoms with Crippen LogP contribution < -0.4 is 5.73 Å². The molecule has 1 aromatic heterocycles. The zero-order valence-corrected chi connectivity index (χ0v) is 5.76. The third-order valence-electron chi connectivity index (χ3n) is 1.29. The average Bonchev–Trinajstić information content (AvgIpc) is 1.88. The summed E-state index contributed by atoms with van der Waals surface area (Å²) in [6.07, 6.45) is 1.46. The van der Waals surface area contributed by atoms with Crippen molar-refractivity contribution in [3.05, 3.63) is 29.3 Å². The molecule has 0 bridgehead atoms. The van der Waals surface area contributed by atoms with Crippen molar-refractivity contribution >= 4 is 0 Å². The number of aromatic nitrogens is 1. The Morgan fingerprint density at radius 2 is 2.40 bits per heavy atom. The highest BCUT2D eigenvalue weighted by molar-refractivity contribution is 5.15. The Morgan fingerprint density at radius 1 is 1.70 bits per heavy atom. The third-order valence-corrected chi connectivity index (χ3v) is 1.29. The van der Waals surface area contributed by atoms with Gasteiger partial charge in [-0.3, -0.25) is 4.98 Å². The SMILES string of the molecule is Cc1cc(F)c(CN)cn1. The number of aryl methyl sites for hydroxylation is 1. The predicted octanol–water partition coefficient (Wildman–Crippen LogP) is 0.988. The van der Waals surface area contributed by atoms with Crippen LogP contribution in [0.25, 0.3) is 0 Å². The first-order valence-corrected chi connectivity index (χ1v) is 3.05. The zero-order valence-electron chi connectivity index (χ0n) is 5.76. The summed E-state index contributed by atoms with van der Waals surface area (Å²) in [5.74, 6) is -0.269. The van der Waals surface area contributed by atoms with Gasteiger partial charge in [0.2, 0.25) is 0 Å². The van der Waals surface area contributed by atoms with Gasteiger partial charge in [0.05, 0.1) is 0 Å². The summed E-state index contributed by atoms with van der Waals surface area (Å²) in [5.41, 5.74) is 6.36. The highest BCUT2D eigenvalue weighted by atomic mass is 19.1. The molecule has 0 saturated heterocycles. The molecular weight excluding hydrogens is 131 g/mol. The molecule has 54 valence electrons. The summed E-state index contributed by atoms with van der Waals surface area (Å²) >= 11 is 0. The van der Waals surface area contributed by atoms with Gasteiger partial charge in [0.25, 0.3) is 0 Å². The molecule has 1 aromatic rings. The highest BCUT2D eigenvalue weighted by Gasteiger charge is 1.98. The molecular formula is C7H9FN2. The van der Waals surface area contributed by atoms with Crippen LogP contribution in [-0.2, 0) is 6.54 Å². The Morgan fingerprint density at radius 3 is 2.90 bits per heavy atom. The van der Waals surface area contributed by atoms with Gasteiger partial charge in [0, 0.05) is 24.0 Å². The van der Waals surface area contributed by atoms with Crippen molar-refractivity contribution < 1.29 is 4.39 Å². The monoisotopic (exact) mass is 140 g/mol. The number of nitrogens with two attached hydrogens (primary N) is 1. The van der Waals surface area contributed by atoms with E-state index in [2.05, 4.69) is 4.98 Å². The first-order valence-electron chi connectivity index (χ1n) is 3.05. The van der Waals surface area contributed by atoms with Crippen LogP contribution in [0.2, 0.25) is 0 Å². The molecule has 0 aromatic carbocycles. The second-order valence-corrected chi connectivity index (χ2v) is 2.12. The molecule has 1 heterocycles. The van der Waals surface area contributed by atoms with Crippen molar-refractivity contribution in [1.82, 2.24) is 4.98 Å². The van der Waals surface area contributed by atoms with Gasteiger partial charge in [-0.05, 0) is 13.0 Å². The van der Waals surface area contributed by atoms with Crippen molar-refractivity contribution in [2.24, 2.45) is 5.73 Å². The van der Waals surface area contributed by atoms with Gasteiger partial charge in [-0.25, -0.2) is 4.39 Å². The van der Waals surface area contributed by atoms with E-state index in [-0.39, 0.29) is 12.4 Å². The predicted molar refractivity (Wildman–Crippen MR) is 36.8 cm³/mol. The number of halogens is 1. The van der Waals surface area contributed by atoms with Gasteiger partial charge >= 0.3 is 0 Å². The second-order valence-electron chi connectivity index (χ2n) is 2.12. The van der Waals surface area contributed by atoms with Gasteiger partial charge < -0.3 is 5.73 Å². The lowest BCUT2D eigenvalue weighted by molar-refractivity contribution is 0.606. The number of hydrogen-bond acceptors (Lipinski definition) is 2. The van der Waals surface area contributed by atoms with E-state index in [0.717, 1.165) is 0 Å². The Kier molecular flexibility index (Phi) is 1.97. The minimum atomic E-state index is -0.269. The summed E-state index contributed by atoms with van der Waals surface area (Å²) in [4.78, 5) is 3.89. The fraction of sp³-hybridized carbons (Fsp3) is 0.286. The van der Waals surface area contributed by atoms with E-state index in [9.17, 15) is 4.39 Å². The summed E-state index contributed by atoms with van der Waals surface area (Å²) in [6, 6.07) is 1.38. The smallest absolute Gasteiger partial charge is 0.131 e. The molecule has 0 unspecified atom stereocenters. The van der Waals surface area contributed by atoms with Crippen LogP contribution in [0.1, 0.15) is 11.3 Å². The van der Waals surface area contributed by atoms with Crippen LogP contribution in [0.5, 0.6) is 0 Å². The maximum absolute atomic E-state index is 12.7. The highest BCUT2D eigenvalue weighted by Crippen LogP contribution is 2.04. The molecule has 2 N–H and O–H groups in total. The number of nitrogens with zero attached hydrogens (tertiary/aromatic N) is 1. The van der Waals surface area contributed by atoms with E-state index < -0.39 is 0 Å². The van der Waals surface area contributed by atoms with Gasteiger partial charge in [0.15, 0.2) is 0 Å². The minimum Gasteiger partial charge on any atom is -0.326 e. The van der Waals surface area contributed by atoms with Crippen molar-refractivity contribution in [1.29, 1.82) is 0 Å². The van der Waals surface area contributed by atoms with Crippen LogP contribution in [0.15, 0.2) is 12.3 Å². The molecule has 0 spiro atoms. The standard InChI is InChI=1S/C7H9FN2/c1-5-2-7(8)6(3-9)4-10-5/h2,4H,3,9H2,1H3. The molecule has 1 rings (SSSR count). The third kappa shape index (κ3) is 1.30. The fourth-order valence-electron chi connectivity index (χ4n) is 0.705. The van der Waals surface area contributed by atoms with Crippen LogP contribution >= 0.6 is 0 Å². The first kappa shape index (κ1) is 7.15. The lowest BCUT2D eigenvalue weighted by Crippen LogP contribution is -2.00. The van der Waals surface area contributed by atoms with Crippen LogP contribution in [0.4, 0.5) is 4.39 Å². The van der Waals surface area contributed by atoms with E-state index in [1.54, 1.807) is 6.92 Å². The van der Waals surface area contributed by atoms with Gasteiger partial charge in [-0.15, -0.1) is 0 Å². The maximum Gasteiger partial charge on any atom is 0.131 e. The minimum absolute atomic E-state index is 0.207. The maximum atomic E-state index is 12.7. The Hall–Kier alpha value is -0.960. The largest absolute Gasteiger partial charge is 0.326 e. The van der Waals surface area contributed by atoms with Crippen LogP contribution in [0.3, 0.4) is 0 Å². The molecule has 0 radical (unpaired) electrons. The number of pyridine rings is 1. The van der Waals surface area contributed by atoms with E-state index in [0.29, 0.717) is 11.3 Å². The molecule has 0 aliphatic rings. The average molecular weight is 140 g/mol. The molecule has 0 fully saturated rings. The van der Waals surface area contributed by atoms with Gasteiger partial charge in [0.1, 0.15) is 5.82 Å². The first-order chi connectivity index (χ1) is 4.74. The summed E-state index contributed by atoms with van der Waals surface area (Å²) in [6.45, 7) is 1.95. The van der Waals surface area contributed by atoms with Gasteiger partial charge in [-0.2, -0.15) is 0 Å². The summed E-state index contributed by atoms with van der Waals surface area (Å²) in [7, 11) is 0. The Labute approximate surface area is 58.9 Å². The van der Waals surface area contributed by atoms with Gasteiger partial charge in [-0.1, -0.05) is 0 Å². The lowest BCUT2D eigenvalue weighted by Gasteiger charge is -1.97. The number of hydrogen-bond donors (Lipinski definition) is 1. The molecule has 10 heavy (non-hydrogen) atoms. The molecule has 3 heteroatoms. The summed E-state index contributed by atoms with van der Waals surface area (Å²) < 4.78 is 12.7. The molecule has 0 aliphatic heterocycles. The van der Waals surface area contributed by atoms with Crippen LogP contribution in [-0.4, -0.2) is 4.98 Å². The van der Waals surface area contributed by atoms with E-state index >= 15 is 0 Å². The normalized spacial score (nSPS) is 9.90. The molecule has 0 amide bonds. The van der Waals surface area contributed by atoms with E-state index in [4.69, 9.17) is 5.73 Å². The molecule has 0 saturated carbocycles. The molecule has 0 aliphatic carbocycles. The topological polar surface area (TPSA) is 38.9 Å². The quantitative estimate of drug-likeness (QED) is 0.631. The molecule has 2 nitrogen and oxygen atoms in total. The fourth-order valence-corrected chi connectivity index (χ4v) is 0.705. The Balaban J connectivity index is 3.07. The van der Waals surface area contributed by atoms with Crippen molar-refractivity contribution in [3.63, 3.8) is 0 Å². The summed E-state index contributed by atoms with van der Waals surface area (Å²) in [5, 5.41) is 0. The van der Waals surface area contributed by atoms with Crippen molar-refractivity contribution in [3.8, 4) is 0 Å². The number of rotatable bonds is 1. The zero-order chi connectivity index (χ0) is 7.56. The van der Waals surface area contributed by atoms with Crippen LogP contribution in [0, 0.1) is 12.7 Å². The molecule has 0 atom stereocenters. The Bertz CT molecular complexity index is 235. The van der Waals surface area contributed by atoms with E-state index in [1.807, 2.05) is 0 Å². The van der Waals surface area contributed by atoms with Crippen molar-refractivity contribution in [2.75, 3.05) is 0 Å².